The number of hydrogen-bond acceptors (Lipinski definition) is 6. The minimum Gasteiger partial charge on any atom is -0.462 e. The average molecular weight is 379 g/mol. The third kappa shape index (κ3) is 4.38. The molecule has 2 aromatic rings. The summed E-state index contributed by atoms with van der Waals surface area (Å²) in [6, 6.07) is 12.1. The zero-order chi connectivity index (χ0) is 19.9. The number of hydrogen-bond donors (Lipinski definition) is 1. The van der Waals surface area contributed by atoms with Crippen LogP contribution in [0, 0.1) is 11.3 Å². The van der Waals surface area contributed by atoms with Gasteiger partial charge >= 0.3 is 12.0 Å². The van der Waals surface area contributed by atoms with Crippen LogP contribution in [-0.2, 0) is 4.74 Å². The van der Waals surface area contributed by atoms with E-state index in [9.17, 15) is 9.59 Å². The highest BCUT2D eigenvalue weighted by Crippen LogP contribution is 2.18. The molecule has 1 aliphatic rings. The molecule has 1 aromatic heterocycles. The molecule has 28 heavy (non-hydrogen) atoms. The number of aromatic nitrogens is 1. The fourth-order valence-electron chi connectivity index (χ4n) is 2.95. The second-order valence-electron chi connectivity index (χ2n) is 6.19. The van der Waals surface area contributed by atoms with E-state index in [0.717, 1.165) is 5.82 Å². The van der Waals surface area contributed by atoms with Crippen LogP contribution in [0.25, 0.3) is 0 Å². The molecule has 8 heteroatoms. The number of pyridine rings is 1. The van der Waals surface area contributed by atoms with Gasteiger partial charge in [0.25, 0.3) is 0 Å². The number of nitrogens with one attached hydrogen (secondary N) is 1. The SMILES string of the molecule is CCOC(=O)c1ccccc1NC(=O)N1CCN(c2ccc(C#N)cn2)CC1. The predicted octanol–water partition coefficient (Wildman–Crippen LogP) is 2.48. The minimum atomic E-state index is -0.463. The molecule has 0 radical (unpaired) electrons. The second kappa shape index (κ2) is 8.86. The molecule has 0 aliphatic carbocycles. The number of anilines is 2. The van der Waals surface area contributed by atoms with Crippen molar-refractivity contribution in [3.05, 3.63) is 53.7 Å². The molecule has 1 fully saturated rings. The van der Waals surface area contributed by atoms with Crippen molar-refractivity contribution in [1.82, 2.24) is 9.88 Å². The third-order valence-electron chi connectivity index (χ3n) is 4.43. The minimum absolute atomic E-state index is 0.260. The highest BCUT2D eigenvalue weighted by Gasteiger charge is 2.23. The van der Waals surface area contributed by atoms with E-state index < -0.39 is 5.97 Å². The van der Waals surface area contributed by atoms with Gasteiger partial charge in [0.1, 0.15) is 11.9 Å². The Hall–Kier alpha value is -3.60. The highest BCUT2D eigenvalue weighted by molar-refractivity contribution is 6.00. The molecule has 2 amide bonds. The van der Waals surface area contributed by atoms with E-state index in [0.29, 0.717) is 43.0 Å². The smallest absolute Gasteiger partial charge is 0.340 e. The molecule has 0 atom stereocenters. The van der Waals surface area contributed by atoms with Gasteiger partial charge in [-0.15, -0.1) is 0 Å². The summed E-state index contributed by atoms with van der Waals surface area (Å²) in [5.74, 6) is 0.321. The van der Waals surface area contributed by atoms with Crippen LogP contribution in [0.3, 0.4) is 0 Å². The fraction of sp³-hybridized carbons (Fsp3) is 0.300. The van der Waals surface area contributed by atoms with E-state index in [-0.39, 0.29) is 12.6 Å². The van der Waals surface area contributed by atoms with Crippen LogP contribution in [0.1, 0.15) is 22.8 Å². The second-order valence-corrected chi connectivity index (χ2v) is 6.19. The first-order valence-electron chi connectivity index (χ1n) is 9.05. The number of para-hydroxylation sites is 1. The number of nitrogens with zero attached hydrogens (tertiary/aromatic N) is 4. The number of ether oxygens (including phenoxy) is 1. The molecule has 8 nitrogen and oxygen atoms in total. The van der Waals surface area contributed by atoms with Crippen molar-refractivity contribution in [1.29, 1.82) is 5.26 Å². The van der Waals surface area contributed by atoms with Crippen molar-refractivity contribution in [2.24, 2.45) is 0 Å². The number of rotatable bonds is 4. The Labute approximate surface area is 163 Å². The molecule has 1 aromatic carbocycles. The lowest BCUT2D eigenvalue weighted by Gasteiger charge is -2.35. The van der Waals surface area contributed by atoms with Crippen molar-refractivity contribution in [3.8, 4) is 6.07 Å². The number of urea groups is 1. The summed E-state index contributed by atoms with van der Waals surface area (Å²) < 4.78 is 5.04. The van der Waals surface area contributed by atoms with Gasteiger partial charge in [0.15, 0.2) is 0 Å². The molecule has 144 valence electrons. The summed E-state index contributed by atoms with van der Waals surface area (Å²) in [6.45, 7) is 4.32. The van der Waals surface area contributed by atoms with Crippen molar-refractivity contribution < 1.29 is 14.3 Å². The Morgan fingerprint density at radius 2 is 1.93 bits per heavy atom. The van der Waals surface area contributed by atoms with Crippen LogP contribution < -0.4 is 10.2 Å². The van der Waals surface area contributed by atoms with Crippen molar-refractivity contribution in [3.63, 3.8) is 0 Å². The number of esters is 1. The molecule has 2 heterocycles. The zero-order valence-electron chi connectivity index (χ0n) is 15.6. The van der Waals surface area contributed by atoms with E-state index >= 15 is 0 Å². The standard InChI is InChI=1S/C20H21N5O3/c1-2-28-19(26)16-5-3-4-6-17(16)23-20(27)25-11-9-24(10-12-25)18-8-7-15(13-21)14-22-18/h3-8,14H,2,9-12H2,1H3,(H,23,27). The van der Waals surface area contributed by atoms with Gasteiger partial charge in [-0.3, -0.25) is 0 Å². The topological polar surface area (TPSA) is 98.6 Å². The first kappa shape index (κ1) is 19.2. The average Bonchev–Trinajstić information content (AvgIpc) is 2.74. The maximum absolute atomic E-state index is 12.6. The molecular formula is C20H21N5O3. The van der Waals surface area contributed by atoms with E-state index in [1.54, 1.807) is 48.4 Å². The van der Waals surface area contributed by atoms with Gasteiger partial charge in [-0.25, -0.2) is 14.6 Å². The molecule has 0 saturated carbocycles. The van der Waals surface area contributed by atoms with E-state index in [1.165, 1.54) is 0 Å². The van der Waals surface area contributed by atoms with Crippen LogP contribution in [0.2, 0.25) is 0 Å². The quantitative estimate of drug-likeness (QED) is 0.820. The summed E-state index contributed by atoms with van der Waals surface area (Å²) in [7, 11) is 0. The first-order chi connectivity index (χ1) is 13.6. The molecule has 3 rings (SSSR count). The molecule has 0 unspecified atom stereocenters. The molecular weight excluding hydrogens is 358 g/mol. The summed E-state index contributed by atoms with van der Waals surface area (Å²) in [5.41, 5.74) is 1.28. The predicted molar refractivity (Wildman–Crippen MR) is 104 cm³/mol. The van der Waals surface area contributed by atoms with Gasteiger partial charge in [0.05, 0.1) is 23.4 Å². The maximum Gasteiger partial charge on any atom is 0.340 e. The van der Waals surface area contributed by atoms with E-state index in [2.05, 4.69) is 15.2 Å². The lowest BCUT2D eigenvalue weighted by molar-refractivity contribution is 0.0527. The summed E-state index contributed by atoms with van der Waals surface area (Å²) >= 11 is 0. The summed E-state index contributed by atoms with van der Waals surface area (Å²) in [4.78, 5) is 32.7. The highest BCUT2D eigenvalue weighted by atomic mass is 16.5. The Morgan fingerprint density at radius 1 is 1.18 bits per heavy atom. The molecule has 1 aliphatic heterocycles. The Morgan fingerprint density at radius 3 is 2.57 bits per heavy atom. The first-order valence-corrected chi connectivity index (χ1v) is 9.05. The number of benzene rings is 1. The lowest BCUT2D eigenvalue weighted by atomic mass is 10.2. The van der Waals surface area contributed by atoms with Crippen LogP contribution in [-0.4, -0.2) is 54.7 Å². The fourth-order valence-corrected chi connectivity index (χ4v) is 2.95. The Bertz CT molecular complexity index is 883. The van der Waals surface area contributed by atoms with Crippen molar-refractivity contribution in [2.75, 3.05) is 43.0 Å². The van der Waals surface area contributed by atoms with Crippen molar-refractivity contribution >= 4 is 23.5 Å². The zero-order valence-corrected chi connectivity index (χ0v) is 15.6. The molecule has 0 spiro atoms. The van der Waals surface area contributed by atoms with Gasteiger partial charge in [0, 0.05) is 32.4 Å². The maximum atomic E-state index is 12.6. The van der Waals surface area contributed by atoms with Gasteiger partial charge < -0.3 is 19.9 Å². The van der Waals surface area contributed by atoms with Crippen LogP contribution in [0.4, 0.5) is 16.3 Å². The van der Waals surface area contributed by atoms with Gasteiger partial charge in [0.2, 0.25) is 0 Å². The van der Waals surface area contributed by atoms with Crippen LogP contribution in [0.15, 0.2) is 42.6 Å². The lowest BCUT2D eigenvalue weighted by Crippen LogP contribution is -2.50. The normalized spacial score (nSPS) is 13.6. The van der Waals surface area contributed by atoms with E-state index in [4.69, 9.17) is 10.00 Å². The Kier molecular flexibility index (Phi) is 6.07. The number of nitriles is 1. The number of carbonyl (C=O) groups is 2. The van der Waals surface area contributed by atoms with Gasteiger partial charge in [-0.05, 0) is 31.2 Å². The van der Waals surface area contributed by atoms with Crippen molar-refractivity contribution in [2.45, 2.75) is 6.92 Å². The summed E-state index contributed by atoms with van der Waals surface area (Å²) in [6.07, 6.45) is 1.54. The molecule has 0 bridgehead atoms. The van der Waals surface area contributed by atoms with Gasteiger partial charge in [-0.2, -0.15) is 5.26 Å². The Balaban J connectivity index is 1.60. The van der Waals surface area contributed by atoms with Crippen LogP contribution in [0.5, 0.6) is 0 Å². The largest absolute Gasteiger partial charge is 0.462 e. The number of piperazine rings is 1. The molecule has 1 N–H and O–H groups in total. The van der Waals surface area contributed by atoms with E-state index in [1.807, 2.05) is 12.1 Å². The van der Waals surface area contributed by atoms with Crippen LogP contribution >= 0.6 is 0 Å². The number of amides is 2. The third-order valence-corrected chi connectivity index (χ3v) is 4.43. The molecule has 1 saturated heterocycles. The van der Waals surface area contributed by atoms with Gasteiger partial charge in [-0.1, -0.05) is 12.1 Å². The summed E-state index contributed by atoms with van der Waals surface area (Å²) in [5, 5.41) is 11.7. The number of carbonyl (C=O) groups excluding carboxylic acids is 2. The monoisotopic (exact) mass is 379 g/mol.